The van der Waals surface area contributed by atoms with Crippen LogP contribution in [0.2, 0.25) is 0 Å². The van der Waals surface area contributed by atoms with Crippen molar-refractivity contribution in [3.8, 4) is 0 Å². The molecule has 0 heterocycles. The number of amides is 1. The topological polar surface area (TPSA) is 67.2 Å². The molecule has 0 aromatic heterocycles. The van der Waals surface area contributed by atoms with Crippen LogP contribution in [0.1, 0.15) is 36.5 Å². The van der Waals surface area contributed by atoms with Crippen molar-refractivity contribution in [1.82, 2.24) is 5.32 Å². The fourth-order valence-electron chi connectivity index (χ4n) is 1.53. The molecule has 0 bridgehead atoms. The number of carbonyl (C=O) groups is 1. The molecule has 94 valence electrons. The molecular formula is C12H18FN3O. The standard InChI is InChI=1S/C12H18FN3O/c1-2-3-4-8-15-12(17)9-6-5-7-10(13)11(9)16-14/h5-7,16H,2-4,8,14H2,1H3,(H,15,17). The molecule has 0 aliphatic carbocycles. The Bertz CT molecular complexity index is 382. The molecule has 1 aromatic rings. The van der Waals surface area contributed by atoms with E-state index in [1.165, 1.54) is 18.2 Å². The highest BCUT2D eigenvalue weighted by Gasteiger charge is 2.13. The molecular weight excluding hydrogens is 221 g/mol. The molecule has 0 radical (unpaired) electrons. The lowest BCUT2D eigenvalue weighted by molar-refractivity contribution is 0.0953. The van der Waals surface area contributed by atoms with E-state index in [1.54, 1.807) is 0 Å². The number of halogens is 1. The molecule has 0 saturated heterocycles. The molecule has 4 nitrogen and oxygen atoms in total. The second-order valence-electron chi connectivity index (χ2n) is 3.77. The van der Waals surface area contributed by atoms with Gasteiger partial charge in [-0.3, -0.25) is 10.6 Å². The molecule has 1 amide bonds. The number of hydrogen-bond acceptors (Lipinski definition) is 3. The number of hydrazine groups is 1. The molecule has 0 aliphatic rings. The van der Waals surface area contributed by atoms with Crippen LogP contribution in [0.4, 0.5) is 10.1 Å². The van der Waals surface area contributed by atoms with Crippen LogP contribution in [0.3, 0.4) is 0 Å². The van der Waals surface area contributed by atoms with Gasteiger partial charge in [-0.15, -0.1) is 0 Å². The number of hydrogen-bond donors (Lipinski definition) is 3. The van der Waals surface area contributed by atoms with Crippen molar-refractivity contribution < 1.29 is 9.18 Å². The summed E-state index contributed by atoms with van der Waals surface area (Å²) in [5, 5.41) is 2.73. The Hall–Kier alpha value is -1.62. The number of nitrogen functional groups attached to an aromatic ring is 1. The number of anilines is 1. The van der Waals surface area contributed by atoms with Crippen LogP contribution in [0.25, 0.3) is 0 Å². The van der Waals surface area contributed by atoms with Gasteiger partial charge in [-0.2, -0.15) is 0 Å². The van der Waals surface area contributed by atoms with Gasteiger partial charge in [-0.25, -0.2) is 4.39 Å². The number of benzene rings is 1. The lowest BCUT2D eigenvalue weighted by Gasteiger charge is -2.10. The molecule has 1 rings (SSSR count). The predicted molar refractivity (Wildman–Crippen MR) is 66.1 cm³/mol. The van der Waals surface area contributed by atoms with Gasteiger partial charge in [0.15, 0.2) is 0 Å². The summed E-state index contributed by atoms with van der Waals surface area (Å²) < 4.78 is 13.3. The molecule has 0 unspecified atom stereocenters. The molecule has 0 saturated carbocycles. The Kier molecular flexibility index (Phi) is 5.42. The fourth-order valence-corrected chi connectivity index (χ4v) is 1.53. The third-order valence-electron chi connectivity index (χ3n) is 2.47. The van der Waals surface area contributed by atoms with E-state index in [2.05, 4.69) is 17.7 Å². The van der Waals surface area contributed by atoms with E-state index in [4.69, 9.17) is 5.84 Å². The molecule has 0 spiro atoms. The molecule has 0 fully saturated rings. The maximum atomic E-state index is 13.3. The van der Waals surface area contributed by atoms with Crippen LogP contribution >= 0.6 is 0 Å². The third-order valence-corrected chi connectivity index (χ3v) is 2.47. The minimum Gasteiger partial charge on any atom is -0.352 e. The van der Waals surface area contributed by atoms with E-state index < -0.39 is 5.82 Å². The van der Waals surface area contributed by atoms with Gasteiger partial charge >= 0.3 is 0 Å². The van der Waals surface area contributed by atoms with Crippen molar-refractivity contribution >= 4 is 11.6 Å². The van der Waals surface area contributed by atoms with E-state index in [0.717, 1.165) is 19.3 Å². The normalized spacial score (nSPS) is 10.1. The van der Waals surface area contributed by atoms with Crippen LogP contribution in [0.15, 0.2) is 18.2 Å². The lowest BCUT2D eigenvalue weighted by atomic mass is 10.1. The average molecular weight is 239 g/mol. The number of nitrogens with two attached hydrogens (primary N) is 1. The quantitative estimate of drug-likeness (QED) is 0.404. The van der Waals surface area contributed by atoms with Crippen molar-refractivity contribution in [3.05, 3.63) is 29.6 Å². The summed E-state index contributed by atoms with van der Waals surface area (Å²) in [6.07, 6.45) is 3.07. The van der Waals surface area contributed by atoms with Gasteiger partial charge in [-0.05, 0) is 18.6 Å². The Morgan fingerprint density at radius 3 is 2.82 bits per heavy atom. The van der Waals surface area contributed by atoms with E-state index in [9.17, 15) is 9.18 Å². The molecule has 0 aliphatic heterocycles. The number of unbranched alkanes of at least 4 members (excludes halogenated alkanes) is 2. The van der Waals surface area contributed by atoms with E-state index in [-0.39, 0.29) is 17.2 Å². The smallest absolute Gasteiger partial charge is 0.253 e. The second kappa shape index (κ2) is 6.85. The van der Waals surface area contributed by atoms with Crippen molar-refractivity contribution in [1.29, 1.82) is 0 Å². The lowest BCUT2D eigenvalue weighted by Crippen LogP contribution is -2.26. The maximum absolute atomic E-state index is 13.3. The maximum Gasteiger partial charge on any atom is 0.253 e. The summed E-state index contributed by atoms with van der Waals surface area (Å²) in [6, 6.07) is 4.27. The van der Waals surface area contributed by atoms with Crippen LogP contribution in [0, 0.1) is 5.82 Å². The highest BCUT2D eigenvalue weighted by Crippen LogP contribution is 2.18. The van der Waals surface area contributed by atoms with Crippen molar-refractivity contribution in [2.24, 2.45) is 5.84 Å². The van der Waals surface area contributed by atoms with Gasteiger partial charge < -0.3 is 10.7 Å². The van der Waals surface area contributed by atoms with Crippen LogP contribution < -0.4 is 16.6 Å². The van der Waals surface area contributed by atoms with Gasteiger partial charge in [0.05, 0.1) is 11.3 Å². The largest absolute Gasteiger partial charge is 0.352 e. The molecule has 5 heteroatoms. The molecule has 1 aromatic carbocycles. The van der Waals surface area contributed by atoms with Gasteiger partial charge in [0.2, 0.25) is 0 Å². The summed E-state index contributed by atoms with van der Waals surface area (Å²) in [5.41, 5.74) is 2.46. The van der Waals surface area contributed by atoms with Gasteiger partial charge in [0.1, 0.15) is 5.82 Å². The van der Waals surface area contributed by atoms with Crippen LogP contribution in [0.5, 0.6) is 0 Å². The van der Waals surface area contributed by atoms with Gasteiger partial charge in [0.25, 0.3) is 5.91 Å². The Balaban J connectivity index is 2.65. The number of para-hydroxylation sites is 1. The van der Waals surface area contributed by atoms with E-state index in [0.29, 0.717) is 6.54 Å². The Morgan fingerprint density at radius 2 is 2.18 bits per heavy atom. The van der Waals surface area contributed by atoms with Gasteiger partial charge in [-0.1, -0.05) is 25.8 Å². The van der Waals surface area contributed by atoms with Crippen molar-refractivity contribution in [3.63, 3.8) is 0 Å². The fraction of sp³-hybridized carbons (Fsp3) is 0.417. The van der Waals surface area contributed by atoms with E-state index >= 15 is 0 Å². The Labute approximate surface area is 100 Å². The summed E-state index contributed by atoms with van der Waals surface area (Å²) >= 11 is 0. The minimum absolute atomic E-state index is 0.0282. The minimum atomic E-state index is -0.534. The first-order valence-corrected chi connectivity index (χ1v) is 5.74. The number of carbonyl (C=O) groups excluding carboxylic acids is 1. The summed E-state index contributed by atoms with van der Waals surface area (Å²) in [7, 11) is 0. The number of nitrogens with one attached hydrogen (secondary N) is 2. The monoisotopic (exact) mass is 239 g/mol. The highest BCUT2D eigenvalue weighted by atomic mass is 19.1. The SMILES string of the molecule is CCCCCNC(=O)c1cccc(F)c1NN. The predicted octanol–water partition coefficient (Wildman–Crippen LogP) is 2.03. The first kappa shape index (κ1) is 13.4. The van der Waals surface area contributed by atoms with Crippen molar-refractivity contribution in [2.75, 3.05) is 12.0 Å². The third kappa shape index (κ3) is 3.71. The second-order valence-corrected chi connectivity index (χ2v) is 3.77. The summed E-state index contributed by atoms with van der Waals surface area (Å²) in [5.74, 6) is 4.35. The molecule has 17 heavy (non-hydrogen) atoms. The average Bonchev–Trinajstić information content (AvgIpc) is 2.34. The van der Waals surface area contributed by atoms with E-state index in [1.807, 2.05) is 0 Å². The molecule has 4 N–H and O–H groups in total. The Morgan fingerprint density at radius 1 is 1.41 bits per heavy atom. The van der Waals surface area contributed by atoms with Crippen molar-refractivity contribution in [2.45, 2.75) is 26.2 Å². The first-order chi connectivity index (χ1) is 8.20. The summed E-state index contributed by atoms with van der Waals surface area (Å²) in [4.78, 5) is 11.8. The highest BCUT2D eigenvalue weighted by molar-refractivity contribution is 5.99. The van der Waals surface area contributed by atoms with Gasteiger partial charge in [0, 0.05) is 6.54 Å². The van der Waals surface area contributed by atoms with Crippen LogP contribution in [-0.2, 0) is 0 Å². The zero-order valence-electron chi connectivity index (χ0n) is 9.92. The zero-order valence-corrected chi connectivity index (χ0v) is 9.92. The zero-order chi connectivity index (χ0) is 12.7. The first-order valence-electron chi connectivity index (χ1n) is 5.74. The molecule has 0 atom stereocenters. The summed E-state index contributed by atoms with van der Waals surface area (Å²) in [6.45, 7) is 2.68. The van der Waals surface area contributed by atoms with Crippen LogP contribution in [-0.4, -0.2) is 12.5 Å². The number of rotatable bonds is 6.